The number of allylic oxidation sites excluding steroid dienone is 10. The summed E-state index contributed by atoms with van der Waals surface area (Å²) in [5.74, 6) is -0.523. The lowest BCUT2D eigenvalue weighted by Gasteiger charge is -2.24. The van der Waals surface area contributed by atoms with Crippen molar-refractivity contribution in [1.82, 2.24) is 5.32 Å². The zero-order valence-corrected chi connectivity index (χ0v) is 42.4. The van der Waals surface area contributed by atoms with Crippen LogP contribution in [0, 0.1) is 0 Å². The summed E-state index contributed by atoms with van der Waals surface area (Å²) in [4.78, 5) is 26.1. The average Bonchev–Trinajstić information content (AvgIpc) is 3.29. The van der Waals surface area contributed by atoms with E-state index in [0.29, 0.717) is 19.3 Å². The van der Waals surface area contributed by atoms with Crippen molar-refractivity contribution in [3.8, 4) is 0 Å². The normalized spacial score (nSPS) is 13.6. The van der Waals surface area contributed by atoms with E-state index < -0.39 is 18.2 Å². The Balaban J connectivity index is 4.52. The molecule has 3 N–H and O–H groups in total. The zero-order valence-electron chi connectivity index (χ0n) is 42.4. The Hall–Kier alpha value is -2.44. The van der Waals surface area contributed by atoms with Crippen LogP contribution in [0.2, 0.25) is 0 Å². The molecule has 6 heteroatoms. The Labute approximate surface area is 397 Å². The van der Waals surface area contributed by atoms with Gasteiger partial charge in [-0.25, -0.2) is 0 Å². The van der Waals surface area contributed by atoms with Crippen LogP contribution in [0.5, 0.6) is 0 Å². The largest absolute Gasteiger partial charge is 0.462 e. The molecule has 0 fully saturated rings. The van der Waals surface area contributed by atoms with Crippen LogP contribution in [0.4, 0.5) is 0 Å². The molecule has 0 aliphatic carbocycles. The van der Waals surface area contributed by atoms with Crippen LogP contribution in [0.15, 0.2) is 60.8 Å². The highest BCUT2D eigenvalue weighted by Crippen LogP contribution is 2.17. The van der Waals surface area contributed by atoms with Gasteiger partial charge >= 0.3 is 5.97 Å². The Morgan fingerprint density at radius 2 is 0.797 bits per heavy atom. The summed E-state index contributed by atoms with van der Waals surface area (Å²) in [5.41, 5.74) is 0. The van der Waals surface area contributed by atoms with Crippen molar-refractivity contribution < 1.29 is 24.5 Å². The maximum atomic E-state index is 13.2. The highest BCUT2D eigenvalue weighted by atomic mass is 16.5. The summed E-state index contributed by atoms with van der Waals surface area (Å²) in [6.07, 6.45) is 64.3. The molecule has 0 aliphatic heterocycles. The van der Waals surface area contributed by atoms with Gasteiger partial charge < -0.3 is 20.3 Å². The van der Waals surface area contributed by atoms with Gasteiger partial charge in [-0.05, 0) is 96.3 Å². The molecule has 6 nitrogen and oxygen atoms in total. The Morgan fingerprint density at radius 1 is 0.453 bits per heavy atom. The number of aliphatic hydroxyl groups is 2. The number of carbonyl (C=O) groups is 2. The van der Waals surface area contributed by atoms with Crippen LogP contribution >= 0.6 is 0 Å². The number of carbonyl (C=O) groups excluding carboxylic acids is 2. The molecule has 0 spiro atoms. The molecule has 372 valence electrons. The number of ether oxygens (including phenoxy) is 1. The van der Waals surface area contributed by atoms with Crippen LogP contribution in [0.25, 0.3) is 0 Å². The predicted octanol–water partition coefficient (Wildman–Crippen LogP) is 16.8. The van der Waals surface area contributed by atoms with Gasteiger partial charge in [0.05, 0.1) is 25.2 Å². The number of rotatable bonds is 49. The van der Waals surface area contributed by atoms with Gasteiger partial charge in [0.2, 0.25) is 5.91 Å². The first-order valence-electron chi connectivity index (χ1n) is 27.5. The van der Waals surface area contributed by atoms with Gasteiger partial charge in [0.1, 0.15) is 6.10 Å². The predicted molar refractivity (Wildman–Crippen MR) is 278 cm³/mol. The summed E-state index contributed by atoms with van der Waals surface area (Å²) in [7, 11) is 0. The van der Waals surface area contributed by atoms with Gasteiger partial charge in [0, 0.05) is 6.42 Å². The fourth-order valence-electron chi connectivity index (χ4n) is 8.11. The van der Waals surface area contributed by atoms with Crippen LogP contribution in [-0.2, 0) is 14.3 Å². The van der Waals surface area contributed by atoms with E-state index in [-0.39, 0.29) is 24.9 Å². The van der Waals surface area contributed by atoms with Crippen molar-refractivity contribution in [3.63, 3.8) is 0 Å². The van der Waals surface area contributed by atoms with Crippen molar-refractivity contribution in [2.45, 2.75) is 289 Å². The van der Waals surface area contributed by atoms with Gasteiger partial charge in [-0.2, -0.15) is 0 Å². The molecule has 1 amide bonds. The van der Waals surface area contributed by atoms with Crippen LogP contribution in [-0.4, -0.2) is 46.9 Å². The number of nitrogens with one attached hydrogen (secondary N) is 1. The maximum absolute atomic E-state index is 13.2. The first-order chi connectivity index (χ1) is 31.5. The second kappa shape index (κ2) is 51.5. The van der Waals surface area contributed by atoms with Gasteiger partial charge in [-0.3, -0.25) is 9.59 Å². The highest BCUT2D eigenvalue weighted by Gasteiger charge is 2.24. The number of aliphatic hydroxyl groups excluding tert-OH is 2. The van der Waals surface area contributed by atoms with Crippen molar-refractivity contribution in [1.29, 1.82) is 0 Å². The summed E-state index contributed by atoms with van der Waals surface area (Å²) in [5, 5.41) is 23.8. The third kappa shape index (κ3) is 46.1. The number of hydrogen-bond acceptors (Lipinski definition) is 5. The van der Waals surface area contributed by atoms with E-state index in [0.717, 1.165) is 96.3 Å². The van der Waals surface area contributed by atoms with Gasteiger partial charge in [0.15, 0.2) is 0 Å². The maximum Gasteiger partial charge on any atom is 0.306 e. The Bertz CT molecular complexity index is 1140. The SMILES string of the molecule is CCCCC/C=C\C/C=C\C/C=C\C/C=C\CCCCCC(=O)OC(CCCCC/C=C\CCCCC)CC(=O)NC(CO)C(O)CCCCCCCCCCCCCCCCCC. The second-order valence-corrected chi connectivity index (χ2v) is 18.6. The molecule has 0 saturated carbocycles. The Kier molecular flexibility index (Phi) is 49.6. The monoisotopic (exact) mass is 896 g/mol. The van der Waals surface area contributed by atoms with E-state index >= 15 is 0 Å². The molecule has 0 saturated heterocycles. The second-order valence-electron chi connectivity index (χ2n) is 18.6. The molecule has 0 aromatic rings. The number of amides is 1. The molecule has 0 rings (SSSR count). The standard InChI is InChI=1S/C58H105NO5/c1-4-7-10-13-16-19-22-24-26-28-29-30-32-34-36-39-42-45-48-51-58(63)64-54(49-46-43-40-37-21-18-15-12-9-6-3)52-57(62)59-55(53-60)56(61)50-47-44-41-38-35-33-31-27-25-23-20-17-14-11-8-5-2/h16,18-19,21,24,26,29-30,34,36,54-56,60-61H,4-15,17,20,22-23,25,27-28,31-33,35,37-53H2,1-3H3,(H,59,62)/b19-16-,21-18-,26-24-,30-29-,36-34-. The van der Waals surface area contributed by atoms with Gasteiger partial charge in [-0.15, -0.1) is 0 Å². The lowest BCUT2D eigenvalue weighted by atomic mass is 10.0. The lowest BCUT2D eigenvalue weighted by molar-refractivity contribution is -0.151. The molecule has 0 aliphatic rings. The fraction of sp³-hybridized carbons (Fsp3) is 0.793. The molecule has 0 bridgehead atoms. The van der Waals surface area contributed by atoms with Crippen LogP contribution < -0.4 is 5.32 Å². The summed E-state index contributed by atoms with van der Waals surface area (Å²) in [6.45, 7) is 6.43. The molecule has 3 unspecified atom stereocenters. The van der Waals surface area contributed by atoms with Gasteiger partial charge in [-0.1, -0.05) is 223 Å². The van der Waals surface area contributed by atoms with E-state index in [1.165, 1.54) is 128 Å². The van der Waals surface area contributed by atoms with E-state index in [4.69, 9.17) is 4.74 Å². The minimum Gasteiger partial charge on any atom is -0.462 e. The molecule has 0 heterocycles. The number of hydrogen-bond donors (Lipinski definition) is 3. The quantitative estimate of drug-likeness (QED) is 0.0321. The van der Waals surface area contributed by atoms with E-state index in [1.54, 1.807) is 0 Å². The minimum absolute atomic E-state index is 0.0530. The highest BCUT2D eigenvalue weighted by molar-refractivity contribution is 5.77. The molecule has 0 aromatic heterocycles. The van der Waals surface area contributed by atoms with E-state index in [1.807, 2.05) is 0 Å². The molecule has 3 atom stereocenters. The molecule has 0 radical (unpaired) electrons. The lowest BCUT2D eigenvalue weighted by Crippen LogP contribution is -2.46. The van der Waals surface area contributed by atoms with Crippen LogP contribution in [0.3, 0.4) is 0 Å². The van der Waals surface area contributed by atoms with Gasteiger partial charge in [0.25, 0.3) is 0 Å². The van der Waals surface area contributed by atoms with Crippen LogP contribution in [0.1, 0.15) is 271 Å². The van der Waals surface area contributed by atoms with Crippen molar-refractivity contribution >= 4 is 11.9 Å². The van der Waals surface area contributed by atoms with Crippen molar-refractivity contribution in [2.24, 2.45) is 0 Å². The average molecular weight is 896 g/mol. The topological polar surface area (TPSA) is 95.9 Å². The third-order valence-electron chi connectivity index (χ3n) is 12.3. The molecular formula is C58H105NO5. The molecule has 64 heavy (non-hydrogen) atoms. The first kappa shape index (κ1) is 61.6. The fourth-order valence-corrected chi connectivity index (χ4v) is 8.11. The summed E-state index contributed by atoms with van der Waals surface area (Å²) < 4.78 is 5.91. The number of esters is 1. The smallest absolute Gasteiger partial charge is 0.306 e. The third-order valence-corrected chi connectivity index (χ3v) is 12.3. The first-order valence-corrected chi connectivity index (χ1v) is 27.5. The zero-order chi connectivity index (χ0) is 46.7. The van der Waals surface area contributed by atoms with E-state index in [9.17, 15) is 19.8 Å². The number of unbranched alkanes of at least 4 members (excludes halogenated alkanes) is 27. The summed E-state index contributed by atoms with van der Waals surface area (Å²) in [6, 6.07) is -0.714. The molecular weight excluding hydrogens is 791 g/mol. The Morgan fingerprint density at radius 3 is 1.25 bits per heavy atom. The van der Waals surface area contributed by atoms with Crippen molar-refractivity contribution in [3.05, 3.63) is 60.8 Å². The van der Waals surface area contributed by atoms with Crippen molar-refractivity contribution in [2.75, 3.05) is 6.61 Å². The van der Waals surface area contributed by atoms with E-state index in [2.05, 4.69) is 86.8 Å². The summed E-state index contributed by atoms with van der Waals surface area (Å²) >= 11 is 0. The minimum atomic E-state index is -0.798. The molecule has 0 aromatic carbocycles.